The summed E-state index contributed by atoms with van der Waals surface area (Å²) in [6, 6.07) is 17.0. The molecule has 0 fully saturated rings. The number of hydrogen-bond donors (Lipinski definition) is 1. The molecule has 0 aliphatic carbocycles. The van der Waals surface area contributed by atoms with Crippen molar-refractivity contribution in [2.45, 2.75) is 13.0 Å². The zero-order valence-electron chi connectivity index (χ0n) is 11.0. The predicted molar refractivity (Wildman–Crippen MR) is 77.4 cm³/mol. The molecular weight excluding hydrogens is 258 g/mol. The van der Waals surface area contributed by atoms with Gasteiger partial charge in [0.1, 0.15) is 0 Å². The van der Waals surface area contributed by atoms with Gasteiger partial charge in [0.05, 0.1) is 12.3 Å². The van der Waals surface area contributed by atoms with Crippen LogP contribution in [0.4, 0.5) is 0 Å². The van der Waals surface area contributed by atoms with Gasteiger partial charge in [0.25, 0.3) is 0 Å². The lowest BCUT2D eigenvalue weighted by atomic mass is 9.96. The molecule has 3 nitrogen and oxygen atoms in total. The molecule has 0 aliphatic heterocycles. The highest BCUT2D eigenvalue weighted by Crippen LogP contribution is 2.25. The van der Waals surface area contributed by atoms with Gasteiger partial charge in [-0.25, -0.2) is 13.1 Å². The fraction of sp³-hybridized carbons (Fsp3) is 0.200. The number of sulfonamides is 1. The smallest absolute Gasteiger partial charge is 0.209 e. The Kier molecular flexibility index (Phi) is 4.02. The average Bonchev–Trinajstić information content (AvgIpc) is 2.37. The van der Waals surface area contributed by atoms with E-state index in [2.05, 4.69) is 4.72 Å². The van der Waals surface area contributed by atoms with Crippen molar-refractivity contribution in [3.05, 3.63) is 71.3 Å². The van der Waals surface area contributed by atoms with Crippen LogP contribution in [0.15, 0.2) is 54.6 Å². The van der Waals surface area contributed by atoms with Crippen LogP contribution in [-0.2, 0) is 10.0 Å². The molecule has 1 atom stereocenters. The summed E-state index contributed by atoms with van der Waals surface area (Å²) >= 11 is 0. The van der Waals surface area contributed by atoms with Gasteiger partial charge in [-0.2, -0.15) is 0 Å². The second kappa shape index (κ2) is 5.55. The van der Waals surface area contributed by atoms with Crippen molar-refractivity contribution in [1.29, 1.82) is 0 Å². The molecule has 2 rings (SSSR count). The van der Waals surface area contributed by atoms with Crippen LogP contribution < -0.4 is 4.72 Å². The lowest BCUT2D eigenvalue weighted by Crippen LogP contribution is -2.28. The molecule has 0 radical (unpaired) electrons. The van der Waals surface area contributed by atoms with Gasteiger partial charge in [0.2, 0.25) is 10.0 Å². The first-order valence-corrected chi connectivity index (χ1v) is 7.94. The van der Waals surface area contributed by atoms with Crippen LogP contribution in [0.3, 0.4) is 0 Å². The maximum absolute atomic E-state index is 11.6. The first-order valence-electron chi connectivity index (χ1n) is 6.05. The molecule has 2 aromatic carbocycles. The Labute approximate surface area is 114 Å². The molecule has 19 heavy (non-hydrogen) atoms. The van der Waals surface area contributed by atoms with E-state index < -0.39 is 10.0 Å². The fourth-order valence-electron chi connectivity index (χ4n) is 2.08. The zero-order valence-corrected chi connectivity index (χ0v) is 11.8. The van der Waals surface area contributed by atoms with Crippen LogP contribution >= 0.6 is 0 Å². The summed E-state index contributed by atoms with van der Waals surface area (Å²) in [6.45, 7) is 1.98. The molecule has 0 saturated carbocycles. The van der Waals surface area contributed by atoms with E-state index in [1.54, 1.807) is 0 Å². The topological polar surface area (TPSA) is 46.2 Å². The molecule has 0 heterocycles. The fourth-order valence-corrected chi connectivity index (χ4v) is 2.77. The van der Waals surface area contributed by atoms with E-state index in [1.165, 1.54) is 6.26 Å². The van der Waals surface area contributed by atoms with Gasteiger partial charge in [-0.05, 0) is 23.6 Å². The van der Waals surface area contributed by atoms with Gasteiger partial charge >= 0.3 is 0 Å². The van der Waals surface area contributed by atoms with Gasteiger partial charge in [-0.1, -0.05) is 54.6 Å². The molecule has 0 spiro atoms. The lowest BCUT2D eigenvalue weighted by molar-refractivity contribution is 0.578. The number of nitrogens with one attached hydrogen (secondary N) is 1. The first-order chi connectivity index (χ1) is 8.97. The van der Waals surface area contributed by atoms with E-state index >= 15 is 0 Å². The molecule has 0 bridgehead atoms. The number of benzene rings is 2. The van der Waals surface area contributed by atoms with E-state index in [1.807, 2.05) is 61.5 Å². The van der Waals surface area contributed by atoms with Gasteiger partial charge < -0.3 is 0 Å². The minimum Gasteiger partial charge on any atom is -0.213 e. The SMILES string of the molecule is Cc1ccccc1C(NS(C)(=O)=O)c1ccccc1. The normalized spacial score (nSPS) is 13.2. The van der Waals surface area contributed by atoms with Crippen molar-refractivity contribution in [1.82, 2.24) is 4.72 Å². The highest BCUT2D eigenvalue weighted by molar-refractivity contribution is 7.88. The Morgan fingerprint density at radius 3 is 2.11 bits per heavy atom. The second-order valence-electron chi connectivity index (χ2n) is 4.59. The van der Waals surface area contributed by atoms with E-state index in [4.69, 9.17) is 0 Å². The van der Waals surface area contributed by atoms with Gasteiger partial charge in [-0.3, -0.25) is 0 Å². The summed E-state index contributed by atoms with van der Waals surface area (Å²) in [7, 11) is -3.29. The average molecular weight is 275 g/mol. The van der Waals surface area contributed by atoms with Gasteiger partial charge in [0.15, 0.2) is 0 Å². The van der Waals surface area contributed by atoms with Crippen LogP contribution in [0.25, 0.3) is 0 Å². The number of aryl methyl sites for hydroxylation is 1. The van der Waals surface area contributed by atoms with Crippen LogP contribution in [0, 0.1) is 6.92 Å². The van der Waals surface area contributed by atoms with Crippen LogP contribution in [0.2, 0.25) is 0 Å². The standard InChI is InChI=1S/C15H17NO2S/c1-12-8-6-7-11-14(12)15(16-19(2,17)18)13-9-4-3-5-10-13/h3-11,15-16H,1-2H3. The monoisotopic (exact) mass is 275 g/mol. The molecule has 100 valence electrons. The van der Waals surface area contributed by atoms with Crippen molar-refractivity contribution in [2.24, 2.45) is 0 Å². The Balaban J connectivity index is 2.50. The van der Waals surface area contributed by atoms with Crippen molar-refractivity contribution in [2.75, 3.05) is 6.26 Å². The zero-order chi connectivity index (χ0) is 13.9. The quantitative estimate of drug-likeness (QED) is 0.932. The van der Waals surface area contributed by atoms with E-state index in [-0.39, 0.29) is 6.04 Å². The third-order valence-corrected chi connectivity index (χ3v) is 3.63. The summed E-state index contributed by atoms with van der Waals surface area (Å²) in [5.74, 6) is 0. The minimum absolute atomic E-state index is 0.350. The molecule has 1 N–H and O–H groups in total. The molecule has 0 aromatic heterocycles. The molecule has 1 unspecified atom stereocenters. The highest BCUT2D eigenvalue weighted by Gasteiger charge is 2.19. The molecule has 4 heteroatoms. The first kappa shape index (κ1) is 13.8. The molecule has 0 saturated heterocycles. The lowest BCUT2D eigenvalue weighted by Gasteiger charge is -2.20. The molecule has 0 aliphatic rings. The van der Waals surface area contributed by atoms with Crippen LogP contribution in [0.5, 0.6) is 0 Å². The van der Waals surface area contributed by atoms with Gasteiger partial charge in [0, 0.05) is 0 Å². The number of hydrogen-bond acceptors (Lipinski definition) is 2. The van der Waals surface area contributed by atoms with E-state index in [0.29, 0.717) is 0 Å². The van der Waals surface area contributed by atoms with Crippen molar-refractivity contribution in [3.63, 3.8) is 0 Å². The van der Waals surface area contributed by atoms with Crippen molar-refractivity contribution in [3.8, 4) is 0 Å². The summed E-state index contributed by atoms with van der Waals surface area (Å²) in [5.41, 5.74) is 2.97. The highest BCUT2D eigenvalue weighted by atomic mass is 32.2. The Morgan fingerprint density at radius 2 is 1.53 bits per heavy atom. The Morgan fingerprint density at radius 1 is 0.947 bits per heavy atom. The Hall–Kier alpha value is -1.65. The summed E-state index contributed by atoms with van der Waals surface area (Å²) < 4.78 is 25.9. The second-order valence-corrected chi connectivity index (χ2v) is 6.37. The van der Waals surface area contributed by atoms with E-state index in [9.17, 15) is 8.42 Å². The third kappa shape index (κ3) is 3.66. The third-order valence-electron chi connectivity index (χ3n) is 2.96. The summed E-state index contributed by atoms with van der Waals surface area (Å²) in [4.78, 5) is 0. The van der Waals surface area contributed by atoms with Crippen LogP contribution in [-0.4, -0.2) is 14.7 Å². The molecular formula is C15H17NO2S. The molecule has 0 amide bonds. The maximum atomic E-state index is 11.6. The van der Waals surface area contributed by atoms with Crippen molar-refractivity contribution < 1.29 is 8.42 Å². The minimum atomic E-state index is -3.29. The maximum Gasteiger partial charge on any atom is 0.209 e. The largest absolute Gasteiger partial charge is 0.213 e. The number of rotatable bonds is 4. The van der Waals surface area contributed by atoms with E-state index in [0.717, 1.165) is 16.7 Å². The molecule has 2 aromatic rings. The van der Waals surface area contributed by atoms with Crippen molar-refractivity contribution >= 4 is 10.0 Å². The summed E-state index contributed by atoms with van der Waals surface area (Å²) in [5, 5.41) is 0. The Bertz CT molecular complexity index is 651. The van der Waals surface area contributed by atoms with Gasteiger partial charge in [-0.15, -0.1) is 0 Å². The van der Waals surface area contributed by atoms with Crippen LogP contribution in [0.1, 0.15) is 22.7 Å². The predicted octanol–water partition coefficient (Wildman–Crippen LogP) is 2.63. The summed E-state index contributed by atoms with van der Waals surface area (Å²) in [6.07, 6.45) is 1.18.